The minimum absolute atomic E-state index is 0.0175. The summed E-state index contributed by atoms with van der Waals surface area (Å²) in [5, 5.41) is 15.4. The molecule has 2 heterocycles. The van der Waals surface area contributed by atoms with E-state index in [2.05, 4.69) is 10.6 Å². The first-order chi connectivity index (χ1) is 30.4. The molecule has 16 nitrogen and oxygen atoms in total. The number of ether oxygens (including phenoxy) is 2. The number of carboxylic acids is 1. The van der Waals surface area contributed by atoms with Gasteiger partial charge in [0, 0.05) is 69.0 Å². The van der Waals surface area contributed by atoms with Crippen molar-refractivity contribution in [2.24, 2.45) is 16.9 Å². The number of carbonyl (C=O) groups excluding carboxylic acids is 4. The summed E-state index contributed by atoms with van der Waals surface area (Å²) in [6.45, 7) is 9.09. The maximum Gasteiger partial charge on any atom is 0.410 e. The van der Waals surface area contributed by atoms with E-state index in [0.29, 0.717) is 55.7 Å². The molecule has 0 spiro atoms. The quantitative estimate of drug-likeness (QED) is 0.0728. The van der Waals surface area contributed by atoms with Gasteiger partial charge in [0.15, 0.2) is 5.78 Å². The number of anilines is 1. The molecule has 3 amide bonds. The zero-order valence-corrected chi connectivity index (χ0v) is 36.7. The van der Waals surface area contributed by atoms with Gasteiger partial charge in [-0.2, -0.15) is 0 Å². The summed E-state index contributed by atoms with van der Waals surface area (Å²) in [5.41, 5.74) is 13.4. The predicted molar refractivity (Wildman–Crippen MR) is 240 cm³/mol. The fourth-order valence-electron chi connectivity index (χ4n) is 7.45. The molecule has 7 N–H and O–H groups in total. The second-order valence-corrected chi connectivity index (χ2v) is 16.9. The SMILES string of the molecule is CCn1cc(C(=O)O)c(=O)c2cc(F)c(N3CCN(C(=O)OCc4ccc(CC(=O)[C@H](CCCCC(N)=O)N/C=C(\N)[C@@H](NC(=O)OCc5ccccc5)C(C)(C)C)cc4)CC3)cc21. The molecule has 0 radical (unpaired) electrons. The van der Waals surface area contributed by atoms with Gasteiger partial charge in [-0.15, -0.1) is 0 Å². The van der Waals surface area contributed by atoms with Crippen molar-refractivity contribution in [3.05, 3.63) is 123 Å². The first-order valence-corrected chi connectivity index (χ1v) is 21.3. The van der Waals surface area contributed by atoms with E-state index < -0.39 is 58.4 Å². The van der Waals surface area contributed by atoms with Crippen LogP contribution >= 0.6 is 0 Å². The first kappa shape index (κ1) is 48.1. The maximum absolute atomic E-state index is 15.4. The van der Waals surface area contributed by atoms with Crippen molar-refractivity contribution in [2.75, 3.05) is 31.1 Å². The number of aromatic nitrogens is 1. The lowest BCUT2D eigenvalue weighted by atomic mass is 9.85. The lowest BCUT2D eigenvalue weighted by molar-refractivity contribution is -0.120. The van der Waals surface area contributed by atoms with Crippen LogP contribution in [-0.2, 0) is 45.2 Å². The van der Waals surface area contributed by atoms with Crippen LogP contribution in [0.1, 0.15) is 80.4 Å². The molecule has 64 heavy (non-hydrogen) atoms. The molecule has 0 aliphatic carbocycles. The molecule has 0 unspecified atom stereocenters. The molecule has 1 saturated heterocycles. The normalized spacial score (nSPS) is 14.1. The van der Waals surface area contributed by atoms with Crippen LogP contribution < -0.4 is 32.4 Å². The number of halogens is 1. The molecular weight excluding hydrogens is 826 g/mol. The number of nitrogens with zero attached hydrogens (tertiary/aromatic N) is 3. The van der Waals surface area contributed by atoms with Crippen LogP contribution in [0.15, 0.2) is 89.6 Å². The number of nitrogens with two attached hydrogens (primary N) is 2. The van der Waals surface area contributed by atoms with Crippen molar-refractivity contribution in [2.45, 2.75) is 91.6 Å². The number of benzene rings is 3. The maximum atomic E-state index is 15.4. The topological polar surface area (TPSA) is 229 Å². The number of Topliss-reactive ketones (excluding diaryl/α,β-unsaturated/α-hetero) is 1. The summed E-state index contributed by atoms with van der Waals surface area (Å²) in [7, 11) is 0. The van der Waals surface area contributed by atoms with Crippen molar-refractivity contribution in [3.63, 3.8) is 0 Å². The molecule has 1 aliphatic rings. The van der Waals surface area contributed by atoms with E-state index in [9.17, 15) is 33.9 Å². The number of primary amides is 1. The number of aryl methyl sites for hydroxylation is 1. The first-order valence-electron chi connectivity index (χ1n) is 21.3. The number of piperazine rings is 1. The molecule has 1 aromatic heterocycles. The number of ketones is 1. The van der Waals surface area contributed by atoms with Crippen molar-refractivity contribution in [1.29, 1.82) is 0 Å². The summed E-state index contributed by atoms with van der Waals surface area (Å²) in [4.78, 5) is 78.6. The smallest absolute Gasteiger partial charge is 0.410 e. The van der Waals surface area contributed by atoms with Crippen LogP contribution in [0.5, 0.6) is 0 Å². The summed E-state index contributed by atoms with van der Waals surface area (Å²) in [6.07, 6.45) is 3.35. The van der Waals surface area contributed by atoms with E-state index in [4.69, 9.17) is 20.9 Å². The van der Waals surface area contributed by atoms with Crippen LogP contribution in [-0.4, -0.2) is 82.7 Å². The van der Waals surface area contributed by atoms with E-state index in [0.717, 1.165) is 17.2 Å². The van der Waals surface area contributed by atoms with Gasteiger partial charge < -0.3 is 51.0 Å². The average molecular weight is 884 g/mol. The summed E-state index contributed by atoms with van der Waals surface area (Å²) in [5.74, 6) is -2.59. The van der Waals surface area contributed by atoms with Crippen LogP contribution in [0.3, 0.4) is 0 Å². The summed E-state index contributed by atoms with van der Waals surface area (Å²) < 4.78 is 28.0. The molecule has 0 bridgehead atoms. The highest BCUT2D eigenvalue weighted by Gasteiger charge is 2.30. The Hall–Kier alpha value is -6.91. The number of unbranched alkanes of at least 4 members (excludes halogenated alkanes) is 1. The van der Waals surface area contributed by atoms with Crippen LogP contribution in [0.4, 0.5) is 19.7 Å². The Labute approximate surface area is 371 Å². The van der Waals surface area contributed by atoms with E-state index in [1.807, 2.05) is 51.1 Å². The molecule has 5 rings (SSSR count). The highest BCUT2D eigenvalue weighted by molar-refractivity contribution is 5.93. The molecule has 3 aromatic carbocycles. The minimum Gasteiger partial charge on any atom is -0.477 e. The Bertz CT molecular complexity index is 2390. The van der Waals surface area contributed by atoms with Gasteiger partial charge in [0.1, 0.15) is 24.6 Å². The number of alkyl carbamates (subject to hydrolysis) is 1. The van der Waals surface area contributed by atoms with Gasteiger partial charge in [-0.3, -0.25) is 14.4 Å². The summed E-state index contributed by atoms with van der Waals surface area (Å²) >= 11 is 0. The number of hydrogen-bond acceptors (Lipinski definition) is 11. The number of aromatic carboxylic acids is 1. The molecule has 17 heteroatoms. The van der Waals surface area contributed by atoms with Gasteiger partial charge in [0.2, 0.25) is 11.3 Å². The molecule has 2 atom stereocenters. The number of carboxylic acid groups (broad SMARTS) is 1. The number of nitrogens with one attached hydrogen (secondary N) is 2. The van der Waals surface area contributed by atoms with E-state index in [1.165, 1.54) is 17.3 Å². The van der Waals surface area contributed by atoms with Gasteiger partial charge in [0.25, 0.3) is 0 Å². The number of amides is 3. The fourth-order valence-corrected chi connectivity index (χ4v) is 7.45. The minimum atomic E-state index is -1.38. The lowest BCUT2D eigenvalue weighted by Gasteiger charge is -2.35. The van der Waals surface area contributed by atoms with E-state index in [1.54, 1.807) is 46.7 Å². The predicted octanol–water partition coefficient (Wildman–Crippen LogP) is 5.57. The number of hydrogen-bond donors (Lipinski definition) is 5. The molecule has 1 aliphatic heterocycles. The second kappa shape index (κ2) is 21.9. The third-order valence-corrected chi connectivity index (χ3v) is 11.0. The Kier molecular flexibility index (Phi) is 16.5. The molecule has 1 fully saturated rings. The Morgan fingerprint density at radius 1 is 0.891 bits per heavy atom. The lowest BCUT2D eigenvalue weighted by Crippen LogP contribution is -2.49. The van der Waals surface area contributed by atoms with Gasteiger partial charge in [-0.05, 0) is 54.0 Å². The zero-order chi connectivity index (χ0) is 46.6. The zero-order valence-electron chi connectivity index (χ0n) is 36.7. The highest BCUT2D eigenvalue weighted by atomic mass is 19.1. The fraction of sp³-hybridized carbons (Fsp3) is 0.404. The number of fused-ring (bicyclic) bond motifs is 1. The third kappa shape index (κ3) is 13.1. The van der Waals surface area contributed by atoms with Crippen LogP contribution in [0, 0.1) is 11.2 Å². The van der Waals surface area contributed by atoms with Gasteiger partial charge in [-0.25, -0.2) is 18.8 Å². The van der Waals surface area contributed by atoms with Crippen LogP contribution in [0.25, 0.3) is 10.9 Å². The van der Waals surface area contributed by atoms with Crippen molar-refractivity contribution in [3.8, 4) is 0 Å². The Balaban J connectivity index is 1.15. The Morgan fingerprint density at radius 2 is 1.53 bits per heavy atom. The number of carbonyl (C=O) groups is 5. The van der Waals surface area contributed by atoms with Crippen molar-refractivity contribution in [1.82, 2.24) is 20.1 Å². The molecule has 0 saturated carbocycles. The van der Waals surface area contributed by atoms with Crippen molar-refractivity contribution >= 4 is 46.4 Å². The second-order valence-electron chi connectivity index (χ2n) is 16.9. The van der Waals surface area contributed by atoms with Gasteiger partial charge >= 0.3 is 18.2 Å². The summed E-state index contributed by atoms with van der Waals surface area (Å²) in [6, 6.07) is 17.7. The largest absolute Gasteiger partial charge is 0.477 e. The van der Waals surface area contributed by atoms with E-state index >= 15 is 4.39 Å². The number of pyridine rings is 1. The van der Waals surface area contributed by atoms with E-state index in [-0.39, 0.29) is 56.0 Å². The van der Waals surface area contributed by atoms with Crippen molar-refractivity contribution < 1.29 is 42.9 Å². The molecule has 4 aromatic rings. The van der Waals surface area contributed by atoms with Gasteiger partial charge in [0.05, 0.1) is 23.3 Å². The molecular formula is C47H58FN7O9. The Morgan fingerprint density at radius 3 is 2.16 bits per heavy atom. The van der Waals surface area contributed by atoms with Gasteiger partial charge in [-0.1, -0.05) is 81.8 Å². The highest BCUT2D eigenvalue weighted by Crippen LogP contribution is 2.27. The molecule has 342 valence electrons. The third-order valence-electron chi connectivity index (χ3n) is 11.0. The number of rotatable bonds is 19. The standard InChI is InChI=1S/C47H58FN7O9/c1-5-53-27-34(44(59)60)42(58)33-24-35(48)39(25-38(33)53)54-19-21-55(22-20-54)46(62)64-29-32-17-15-30(16-18-32)23-40(56)37(13-9-10-14-41(50)57)51-26-36(49)43(47(2,3)4)52-45(61)63-28-31-11-7-6-8-12-31/h6-8,11-12,15-18,24-27,37,43,51H,5,9-10,13-14,19-23,28-29,49H2,1-4H3,(H2,50,57)(H,52,61)(H,59,60)/b36-26-/t37-,43+/m0/s1. The van der Waals surface area contributed by atoms with Crippen LogP contribution in [0.2, 0.25) is 0 Å². The average Bonchev–Trinajstić information content (AvgIpc) is 3.26. The monoisotopic (exact) mass is 883 g/mol.